The lowest BCUT2D eigenvalue weighted by atomic mass is 9.78. The Bertz CT molecular complexity index is 5240. The molecule has 5 saturated heterocycles. The fourth-order valence-electron chi connectivity index (χ4n) is 14.7. The number of ether oxygens (including phenoxy) is 11. The Hall–Kier alpha value is -8.27. The number of aromatic nitrogens is 3. The van der Waals surface area contributed by atoms with Crippen LogP contribution in [0.2, 0.25) is 25.7 Å². The molecule has 5 fully saturated rings. The van der Waals surface area contributed by atoms with Gasteiger partial charge in [0.15, 0.2) is 45.4 Å². The average molecular weight is 2190 g/mol. The number of amides is 2. The molecule has 2 aromatic heterocycles. The molecule has 0 atom stereocenters. The zero-order valence-corrected chi connectivity index (χ0v) is 90.7. The van der Waals surface area contributed by atoms with Gasteiger partial charge in [0.1, 0.15) is 52.5 Å². The number of fused-ring (bicyclic) bond motifs is 1. The highest BCUT2D eigenvalue weighted by molar-refractivity contribution is 9.11. The Morgan fingerprint density at radius 2 is 0.881 bits per heavy atom. The van der Waals surface area contributed by atoms with Crippen LogP contribution in [-0.2, 0) is 54.0 Å². The number of phenols is 2. The van der Waals surface area contributed by atoms with Gasteiger partial charge in [0.05, 0.1) is 39.8 Å². The number of aromatic hydroxyl groups is 2. The van der Waals surface area contributed by atoms with Gasteiger partial charge in [-0.05, 0) is 160 Å². The van der Waals surface area contributed by atoms with E-state index < -0.39 is 26.0 Å². The van der Waals surface area contributed by atoms with Crippen molar-refractivity contribution >= 4 is 169 Å². The number of nitrogens with two attached hydrogens (primary N) is 3. The third kappa shape index (κ3) is 34.1. The van der Waals surface area contributed by atoms with E-state index >= 15 is 0 Å². The molecule has 8 N–H and O–H groups in total. The minimum absolute atomic E-state index is 0.0296. The van der Waals surface area contributed by atoms with Crippen molar-refractivity contribution in [3.8, 4) is 51.5 Å². The summed E-state index contributed by atoms with van der Waals surface area (Å²) in [6.45, 7) is 46.7. The third-order valence-corrected chi connectivity index (χ3v) is 26.5. The molecule has 732 valence electrons. The number of carbonyl (C=O) groups is 3. The number of ketones is 1. The van der Waals surface area contributed by atoms with Crippen molar-refractivity contribution in [2.24, 2.45) is 27.1 Å². The molecule has 0 bridgehead atoms. The number of phenolic OH excluding ortho intramolecular Hbond substituents is 2. The SMILES string of the molecule is COCOc1cc(-c2cnc3c(n2)c(C(=O)C(C)(C)C)cn3COCC[Si](C)(C)C)cc(N2CCC(C)(C)C2)c1.COCOc1cc(B2OC(C)(C)C(C)(C)O2)cc(N2CCC(C)(C)C2)c1.COCOc1cc(Br)cc(N2C(=O)CC(C)(C)C2=O)c1.COCOc1cc(Br)cc(N2CCC(C)(C)C2)c1.COCOc1cc(N)cc(Br)c1.Nc1cc(O)cc(Br)c1.Nc1cc(O)cc(Br)c1. The van der Waals surface area contributed by atoms with Gasteiger partial charge in [0.2, 0.25) is 11.8 Å². The number of methoxy groups -OCH3 is 5. The van der Waals surface area contributed by atoms with Crippen molar-refractivity contribution in [2.75, 3.05) is 152 Å². The van der Waals surface area contributed by atoms with Crippen LogP contribution in [0.15, 0.2) is 162 Å². The summed E-state index contributed by atoms with van der Waals surface area (Å²) in [5.74, 6) is 3.55. The van der Waals surface area contributed by atoms with Crippen LogP contribution < -0.4 is 65.9 Å². The molecule has 0 unspecified atom stereocenters. The predicted molar refractivity (Wildman–Crippen MR) is 556 cm³/mol. The Balaban J connectivity index is 0.000000205. The number of anilines is 7. The standard InChI is InChI=1S/C31H46N4O4Si.C20H32BNO4.C14H16BrNO4.C14H20BrNO2.C8H10BrNO2.2C6H6BrNO/c1-30(2,3)28(36)25-18-35(20-38-12-13-40(7,8)9)29-27(25)33-26(17-32-29)22-14-23(16-24(15-22)39-21-37-6)34-11-10-31(4,5)19-34;1-18(2)8-9-22(13-18)16-10-15(11-17(12-16)24-14-23-7)21-25-19(3,4)20(5,6)26-21;1-14(2)7-12(17)16(13(14)18)10-4-9(15)5-11(6-10)20-8-19-3;1-14(2)4-5-16(9-14)12-6-11(15)7-13(8-12)18-10-17-3;1-11-5-12-8-3-6(9)2-7(10)4-8;2*7-4-1-5(8)3-6(9)2-4/h14-18H,10-13,19-21H2,1-9H3;10-12H,8-9,13-14H2,1-7H3;4-6H,7-8H2,1-3H3;6-8H,4-5,9-10H2,1-3H3;2-4H,5,10H2,1H3;2*1-3,9H,8H2. The van der Waals surface area contributed by atoms with E-state index in [-0.39, 0.29) is 86.1 Å². The second kappa shape index (κ2) is 48.8. The van der Waals surface area contributed by atoms with E-state index in [1.54, 1.807) is 103 Å². The Morgan fingerprint density at radius 3 is 1.26 bits per heavy atom. The molecule has 5 aliphatic rings. The van der Waals surface area contributed by atoms with Gasteiger partial charge in [-0.25, -0.2) is 14.9 Å². The highest BCUT2D eigenvalue weighted by atomic mass is 79.9. The van der Waals surface area contributed by atoms with Gasteiger partial charge in [0.25, 0.3) is 0 Å². The Kier molecular flexibility index (Phi) is 40.5. The average Bonchev–Trinajstić information content (AvgIpc) is 1.61. The molecule has 0 radical (unpaired) electrons. The largest absolute Gasteiger partial charge is 0.508 e. The summed E-state index contributed by atoms with van der Waals surface area (Å²) in [6, 6.07) is 39.7. The first-order valence-corrected chi connectivity index (χ1v) is 51.8. The molecule has 5 aliphatic heterocycles. The summed E-state index contributed by atoms with van der Waals surface area (Å²) in [7, 11) is 6.35. The molecule has 0 spiro atoms. The zero-order valence-electron chi connectivity index (χ0n) is 81.8. The molecule has 134 heavy (non-hydrogen) atoms. The zero-order chi connectivity index (χ0) is 99.2. The highest BCUT2D eigenvalue weighted by Gasteiger charge is 2.52. The lowest BCUT2D eigenvalue weighted by Gasteiger charge is -2.32. The number of imide groups is 1. The molecule has 28 nitrogen and oxygen atoms in total. The maximum absolute atomic E-state index is 13.5. The molecule has 0 saturated carbocycles. The first kappa shape index (κ1) is 111. The van der Waals surface area contributed by atoms with Crippen LogP contribution >= 0.6 is 79.6 Å². The lowest BCUT2D eigenvalue weighted by Crippen LogP contribution is -2.41. The Morgan fingerprint density at radius 1 is 0.500 bits per heavy atom. The van der Waals surface area contributed by atoms with E-state index in [2.05, 4.69) is 220 Å². The summed E-state index contributed by atoms with van der Waals surface area (Å²) in [4.78, 5) is 56.1. The number of hydrogen-bond acceptors (Lipinski definition) is 26. The summed E-state index contributed by atoms with van der Waals surface area (Å²) in [6.07, 6.45) is 7.39. The van der Waals surface area contributed by atoms with E-state index in [1.807, 2.05) is 55.8 Å². The second-order valence-corrected chi connectivity index (χ2v) is 50.0. The minimum Gasteiger partial charge on any atom is -0.508 e. The van der Waals surface area contributed by atoms with Gasteiger partial charge in [-0.15, -0.1) is 0 Å². The fourth-order valence-corrected chi connectivity index (χ4v) is 17.8. The first-order chi connectivity index (χ1) is 62.6. The molecule has 0 aliphatic carbocycles. The van der Waals surface area contributed by atoms with Gasteiger partial charge in [-0.1, -0.05) is 175 Å². The number of Topliss-reactive ketones (excluding diaryl/α,β-unsaturated/α-hetero) is 1. The number of hydrogen-bond donors (Lipinski definition) is 5. The van der Waals surface area contributed by atoms with Crippen LogP contribution in [-0.4, -0.2) is 184 Å². The van der Waals surface area contributed by atoms with E-state index in [4.69, 9.17) is 98.8 Å². The van der Waals surface area contributed by atoms with Crippen molar-refractivity contribution in [2.45, 2.75) is 173 Å². The number of nitrogen functional groups attached to an aromatic ring is 3. The monoisotopic (exact) mass is 2190 g/mol. The summed E-state index contributed by atoms with van der Waals surface area (Å²) >= 11 is 16.5. The molecule has 14 rings (SSSR count). The van der Waals surface area contributed by atoms with Crippen LogP contribution in [0.4, 0.5) is 39.8 Å². The topological polar surface area (TPSA) is 333 Å². The molecule has 2 amide bonds. The van der Waals surface area contributed by atoms with Crippen LogP contribution in [0, 0.1) is 27.1 Å². The van der Waals surface area contributed by atoms with E-state index in [9.17, 15) is 14.4 Å². The molecule has 7 heterocycles. The predicted octanol–water partition coefficient (Wildman–Crippen LogP) is 21.9. The molecular formula is C99H136BBr5N10O18Si. The minimum atomic E-state index is -1.21. The number of benzene rings is 7. The van der Waals surface area contributed by atoms with Crippen LogP contribution in [0.5, 0.6) is 40.2 Å². The molecule has 9 aromatic rings. The number of carbonyl (C=O) groups excluding carboxylic acids is 3. The van der Waals surface area contributed by atoms with Gasteiger partial charge in [-0.3, -0.25) is 14.4 Å². The van der Waals surface area contributed by atoms with Crippen molar-refractivity contribution in [3.63, 3.8) is 0 Å². The first-order valence-electron chi connectivity index (χ1n) is 44.2. The fraction of sp³-hybridized carbons (Fsp3) is 0.485. The van der Waals surface area contributed by atoms with Crippen molar-refractivity contribution < 1.29 is 86.0 Å². The third-order valence-electron chi connectivity index (χ3n) is 22.5. The highest BCUT2D eigenvalue weighted by Crippen LogP contribution is 2.44. The maximum atomic E-state index is 13.5. The van der Waals surface area contributed by atoms with Crippen LogP contribution in [0.1, 0.15) is 140 Å². The van der Waals surface area contributed by atoms with Gasteiger partial charge in [-0.2, -0.15) is 0 Å². The Labute approximate surface area is 834 Å². The van der Waals surface area contributed by atoms with Gasteiger partial charge < -0.3 is 108 Å². The summed E-state index contributed by atoms with van der Waals surface area (Å²) in [5.41, 5.74) is 25.4. The number of halogens is 5. The van der Waals surface area contributed by atoms with Gasteiger partial charge >= 0.3 is 7.12 Å². The van der Waals surface area contributed by atoms with E-state index in [0.29, 0.717) is 86.6 Å². The number of rotatable bonds is 27. The van der Waals surface area contributed by atoms with E-state index in [0.717, 1.165) is 108 Å². The van der Waals surface area contributed by atoms with Gasteiger partial charge in [0, 0.05) is 212 Å². The lowest BCUT2D eigenvalue weighted by molar-refractivity contribution is -0.124. The van der Waals surface area contributed by atoms with Crippen LogP contribution in [0.25, 0.3) is 22.4 Å². The van der Waals surface area contributed by atoms with Crippen molar-refractivity contribution in [1.82, 2.24) is 14.5 Å². The van der Waals surface area contributed by atoms with Crippen LogP contribution in [0.3, 0.4) is 0 Å². The molecule has 35 heteroatoms. The number of nitrogens with zero attached hydrogens (tertiary/aromatic N) is 7. The molecular weight excluding hydrogens is 2060 g/mol. The molecule has 7 aromatic carbocycles. The maximum Gasteiger partial charge on any atom is 0.495 e. The summed E-state index contributed by atoms with van der Waals surface area (Å²) in [5, 5.41) is 17.8. The summed E-state index contributed by atoms with van der Waals surface area (Å²) < 4.78 is 77.1. The smallest absolute Gasteiger partial charge is 0.495 e. The van der Waals surface area contributed by atoms with E-state index in [1.165, 1.54) is 42.7 Å². The van der Waals surface area contributed by atoms with Crippen molar-refractivity contribution in [1.29, 1.82) is 0 Å². The second-order valence-electron chi connectivity index (χ2n) is 39.8. The van der Waals surface area contributed by atoms with Crippen molar-refractivity contribution in [3.05, 3.63) is 168 Å². The quantitative estimate of drug-likeness (QED) is 0.00797. The normalized spacial score (nSPS) is 16.5.